The van der Waals surface area contributed by atoms with Crippen LogP contribution in [0.4, 0.5) is 4.39 Å². The summed E-state index contributed by atoms with van der Waals surface area (Å²) in [6.07, 6.45) is -5.62. The van der Waals surface area contributed by atoms with Gasteiger partial charge in [-0.05, 0) is 18.3 Å². The number of ether oxygens (including phenoxy) is 1. The van der Waals surface area contributed by atoms with Crippen molar-refractivity contribution in [1.29, 1.82) is 0 Å². The highest BCUT2D eigenvalue weighted by Crippen LogP contribution is 2.66. The lowest BCUT2D eigenvalue weighted by molar-refractivity contribution is -0.0521. The first-order valence-corrected chi connectivity index (χ1v) is 12.5. The second-order valence-electron chi connectivity index (χ2n) is 5.40. The van der Waals surface area contributed by atoms with Crippen LogP contribution in [0.25, 0.3) is 0 Å². The molecule has 166 valence electrons. The van der Waals surface area contributed by atoms with Gasteiger partial charge in [-0.2, -0.15) is 8.62 Å². The monoisotopic (exact) mass is 518 g/mol. The number of H-pyrrole nitrogens is 1. The molecule has 14 nitrogen and oxygen atoms in total. The van der Waals surface area contributed by atoms with Crippen molar-refractivity contribution < 1.29 is 60.6 Å². The first-order valence-electron chi connectivity index (χ1n) is 7.18. The third kappa shape index (κ3) is 7.16. The number of hydrogen-bond acceptors (Lipinski definition) is 10. The molecule has 0 saturated carbocycles. The van der Waals surface area contributed by atoms with Crippen molar-refractivity contribution in [2.24, 2.45) is 0 Å². The van der Waals surface area contributed by atoms with Gasteiger partial charge in [0, 0.05) is 6.20 Å². The molecule has 0 bridgehead atoms. The SMILES string of the molecule is O=P(O)(O)OP(=O)(O)OP(=O)(O)OC[C@H]1O[C@@H](n2ccc(=S)[nH]c2=S)C(O)[C@H]1F. The fraction of sp³-hybridized carbons (Fsp3) is 0.556. The molecule has 29 heavy (non-hydrogen) atoms. The van der Waals surface area contributed by atoms with E-state index in [4.69, 9.17) is 43.9 Å². The van der Waals surface area contributed by atoms with Crippen LogP contribution in [-0.2, 0) is 31.6 Å². The third-order valence-electron chi connectivity index (χ3n) is 3.23. The molecule has 1 aliphatic heterocycles. The van der Waals surface area contributed by atoms with Crippen LogP contribution >= 0.6 is 47.9 Å². The van der Waals surface area contributed by atoms with Crippen molar-refractivity contribution in [1.82, 2.24) is 9.55 Å². The van der Waals surface area contributed by atoms with Gasteiger partial charge in [0.05, 0.1) is 6.61 Å². The molecule has 1 aromatic rings. The molecule has 6 N–H and O–H groups in total. The second kappa shape index (κ2) is 9.10. The van der Waals surface area contributed by atoms with Crippen LogP contribution in [0.5, 0.6) is 0 Å². The normalized spacial score (nSPS) is 29.3. The number of alkyl halides is 1. The number of nitrogens with one attached hydrogen (secondary N) is 1. The molecule has 1 aliphatic rings. The summed E-state index contributed by atoms with van der Waals surface area (Å²) >= 11 is 9.85. The Hall–Kier alpha value is -0.220. The van der Waals surface area contributed by atoms with Crippen molar-refractivity contribution in [2.75, 3.05) is 6.61 Å². The predicted molar refractivity (Wildman–Crippen MR) is 95.1 cm³/mol. The third-order valence-corrected chi connectivity index (χ3v) is 7.58. The molecule has 6 atom stereocenters. The van der Waals surface area contributed by atoms with Gasteiger partial charge in [0.25, 0.3) is 0 Å². The van der Waals surface area contributed by atoms with Gasteiger partial charge in [0.1, 0.15) is 16.8 Å². The molecule has 0 spiro atoms. The molecule has 1 aromatic heterocycles. The Balaban J connectivity index is 2.06. The number of rotatable bonds is 8. The summed E-state index contributed by atoms with van der Waals surface area (Å²) in [6.45, 7) is -1.06. The van der Waals surface area contributed by atoms with E-state index in [9.17, 15) is 28.1 Å². The van der Waals surface area contributed by atoms with Gasteiger partial charge in [-0.3, -0.25) is 9.09 Å². The number of aromatic amines is 1. The molecule has 0 amide bonds. The summed E-state index contributed by atoms with van der Waals surface area (Å²) in [7, 11) is -16.7. The van der Waals surface area contributed by atoms with E-state index in [1.807, 2.05) is 0 Å². The van der Waals surface area contributed by atoms with E-state index in [1.165, 1.54) is 12.3 Å². The lowest BCUT2D eigenvalue weighted by Crippen LogP contribution is -2.30. The first kappa shape index (κ1) is 25.0. The number of aliphatic hydroxyl groups excluding tert-OH is 1. The Morgan fingerprint density at radius 1 is 1.17 bits per heavy atom. The highest BCUT2D eigenvalue weighted by Gasteiger charge is 2.47. The van der Waals surface area contributed by atoms with Gasteiger partial charge in [-0.1, -0.05) is 12.2 Å². The largest absolute Gasteiger partial charge is 0.490 e. The summed E-state index contributed by atoms with van der Waals surface area (Å²) < 4.78 is 65.7. The molecular formula is C9H14FN2O12P3S2. The van der Waals surface area contributed by atoms with Crippen molar-refractivity contribution in [3.63, 3.8) is 0 Å². The van der Waals surface area contributed by atoms with Crippen LogP contribution in [0.15, 0.2) is 12.3 Å². The van der Waals surface area contributed by atoms with Crippen LogP contribution in [0.2, 0.25) is 0 Å². The molecule has 2 rings (SSSR count). The number of aromatic nitrogens is 2. The van der Waals surface area contributed by atoms with Crippen molar-refractivity contribution >= 4 is 47.9 Å². The van der Waals surface area contributed by atoms with E-state index in [2.05, 4.69) is 18.1 Å². The Morgan fingerprint density at radius 2 is 1.79 bits per heavy atom. The zero-order valence-electron chi connectivity index (χ0n) is 13.7. The molecule has 20 heteroatoms. The lowest BCUT2D eigenvalue weighted by atomic mass is 10.1. The number of hydrogen-bond donors (Lipinski definition) is 6. The standard InChI is InChI=1S/C9H14FN2O12P3S2/c10-6-4(3-21-26(17,18)24-27(19,20)23-25(14,15)16)22-8(7(6)13)12-2-1-5(28)11-9(12)29/h1-2,4,6-8,13H,3H2,(H,17,18)(H,19,20)(H,11,28,29)(H2,14,15,16)/t4-,6+,7?,8-/m1/s1. The van der Waals surface area contributed by atoms with Gasteiger partial charge in [0.2, 0.25) is 0 Å². The minimum absolute atomic E-state index is 0.0118. The van der Waals surface area contributed by atoms with Crippen LogP contribution in [-0.4, -0.2) is 59.2 Å². The van der Waals surface area contributed by atoms with Gasteiger partial charge >= 0.3 is 23.5 Å². The lowest BCUT2D eigenvalue weighted by Gasteiger charge is -2.19. The second-order valence-corrected chi connectivity index (χ2v) is 10.7. The minimum Gasteiger partial charge on any atom is -0.385 e. The summed E-state index contributed by atoms with van der Waals surface area (Å²) in [5, 5.41) is 10.0. The molecule has 1 fully saturated rings. The molecule has 0 aliphatic carbocycles. The zero-order valence-corrected chi connectivity index (χ0v) is 18.1. The van der Waals surface area contributed by atoms with Gasteiger partial charge < -0.3 is 34.4 Å². The number of halogens is 1. The van der Waals surface area contributed by atoms with Gasteiger partial charge in [-0.15, -0.1) is 0 Å². The quantitative estimate of drug-likeness (QED) is 0.211. The fourth-order valence-electron chi connectivity index (χ4n) is 2.17. The molecular weight excluding hydrogens is 504 g/mol. The first-order chi connectivity index (χ1) is 13.1. The number of phosphoric acid groups is 3. The average Bonchev–Trinajstić information content (AvgIpc) is 2.78. The summed E-state index contributed by atoms with van der Waals surface area (Å²) in [4.78, 5) is 37.9. The molecule has 0 radical (unpaired) electrons. The summed E-state index contributed by atoms with van der Waals surface area (Å²) in [6, 6.07) is 1.38. The zero-order chi connectivity index (χ0) is 22.2. The smallest absolute Gasteiger partial charge is 0.385 e. The van der Waals surface area contributed by atoms with E-state index >= 15 is 0 Å². The molecule has 2 heterocycles. The summed E-state index contributed by atoms with van der Waals surface area (Å²) in [5.74, 6) is 0. The highest BCUT2D eigenvalue weighted by atomic mass is 32.1. The molecule has 1 saturated heterocycles. The van der Waals surface area contributed by atoms with Crippen LogP contribution in [0.1, 0.15) is 6.23 Å². The Morgan fingerprint density at radius 3 is 2.34 bits per heavy atom. The number of phosphoric ester groups is 1. The van der Waals surface area contributed by atoms with Gasteiger partial charge in [-0.25, -0.2) is 18.1 Å². The Kier molecular flexibility index (Phi) is 7.86. The Bertz CT molecular complexity index is 1010. The van der Waals surface area contributed by atoms with E-state index in [0.717, 1.165) is 4.57 Å². The maximum absolute atomic E-state index is 14.3. The van der Waals surface area contributed by atoms with Crippen LogP contribution < -0.4 is 0 Å². The average molecular weight is 518 g/mol. The summed E-state index contributed by atoms with van der Waals surface area (Å²) in [5.41, 5.74) is 0. The maximum Gasteiger partial charge on any atom is 0.490 e. The van der Waals surface area contributed by atoms with Crippen LogP contribution in [0.3, 0.4) is 0 Å². The van der Waals surface area contributed by atoms with Crippen molar-refractivity contribution in [3.8, 4) is 0 Å². The van der Waals surface area contributed by atoms with E-state index in [-0.39, 0.29) is 9.41 Å². The van der Waals surface area contributed by atoms with Crippen LogP contribution in [0, 0.1) is 9.41 Å². The highest BCUT2D eigenvalue weighted by molar-refractivity contribution is 7.72. The van der Waals surface area contributed by atoms with E-state index in [1.54, 1.807) is 0 Å². The Labute approximate surface area is 171 Å². The topological polar surface area (TPSA) is 210 Å². The molecule has 0 aromatic carbocycles. The van der Waals surface area contributed by atoms with E-state index in [0.29, 0.717) is 0 Å². The van der Waals surface area contributed by atoms with Crippen molar-refractivity contribution in [2.45, 2.75) is 24.6 Å². The minimum atomic E-state index is -5.71. The number of aliphatic hydroxyl groups is 1. The predicted octanol–water partition coefficient (Wildman–Crippen LogP) is 1.21. The maximum atomic E-state index is 14.3. The van der Waals surface area contributed by atoms with E-state index < -0.39 is 54.7 Å². The molecule has 3 unspecified atom stereocenters. The fourth-order valence-corrected chi connectivity index (χ4v) is 5.70. The van der Waals surface area contributed by atoms with Gasteiger partial charge in [0.15, 0.2) is 17.2 Å². The number of nitrogens with zero attached hydrogens (tertiary/aromatic N) is 1. The van der Waals surface area contributed by atoms with Crippen molar-refractivity contribution in [3.05, 3.63) is 21.7 Å².